The van der Waals surface area contributed by atoms with Crippen LogP contribution in [0.15, 0.2) is 0 Å². The van der Waals surface area contributed by atoms with E-state index in [0.29, 0.717) is 37.8 Å². The van der Waals surface area contributed by atoms with E-state index in [9.17, 15) is 9.59 Å². The highest BCUT2D eigenvalue weighted by Crippen LogP contribution is 2.04. The number of urea groups is 1. The minimum atomic E-state index is -0.997. The van der Waals surface area contributed by atoms with Crippen LogP contribution in [0.4, 0.5) is 4.79 Å². The fourth-order valence-corrected chi connectivity index (χ4v) is 2.12. The van der Waals surface area contributed by atoms with E-state index in [2.05, 4.69) is 5.32 Å². The number of thioether (sulfide) groups is 1. The van der Waals surface area contributed by atoms with Gasteiger partial charge in [-0.05, 0) is 24.3 Å². The standard InChI is InChI=1S/C13H26N2O4S/c1-10(2)9-15(6-7-19-3)13(18)14-11(12(16)17)5-8-20-4/h10-11H,5-9H2,1-4H3,(H,14,18)(H,16,17)/t11-/m0/s1. The molecule has 1 atom stereocenters. The van der Waals surface area contributed by atoms with Crippen molar-refractivity contribution in [2.75, 3.05) is 38.8 Å². The average Bonchev–Trinajstić information content (AvgIpc) is 2.38. The number of rotatable bonds is 10. The molecule has 0 aromatic carbocycles. The molecule has 2 N–H and O–H groups in total. The van der Waals surface area contributed by atoms with Crippen molar-refractivity contribution < 1.29 is 19.4 Å². The first kappa shape index (κ1) is 19.1. The second kappa shape index (κ2) is 10.8. The van der Waals surface area contributed by atoms with Crippen LogP contribution in [0.25, 0.3) is 0 Å². The van der Waals surface area contributed by atoms with Crippen LogP contribution in [0, 0.1) is 5.92 Å². The summed E-state index contributed by atoms with van der Waals surface area (Å²) in [5.41, 5.74) is 0. The predicted octanol–water partition coefficient (Wildman–Crippen LogP) is 1.51. The molecule has 0 aromatic rings. The molecular formula is C13H26N2O4S. The number of carboxylic acids is 1. The maximum Gasteiger partial charge on any atom is 0.326 e. The van der Waals surface area contributed by atoms with Crippen LogP contribution in [-0.2, 0) is 9.53 Å². The minimum absolute atomic E-state index is 0.312. The van der Waals surface area contributed by atoms with Gasteiger partial charge in [-0.15, -0.1) is 0 Å². The maximum atomic E-state index is 12.2. The van der Waals surface area contributed by atoms with Crippen LogP contribution in [0.5, 0.6) is 0 Å². The average molecular weight is 306 g/mol. The van der Waals surface area contributed by atoms with E-state index in [1.807, 2.05) is 20.1 Å². The number of nitrogens with one attached hydrogen (secondary N) is 1. The van der Waals surface area contributed by atoms with Gasteiger partial charge in [0.1, 0.15) is 6.04 Å². The second-order valence-electron chi connectivity index (χ2n) is 4.95. The van der Waals surface area contributed by atoms with Gasteiger partial charge in [-0.2, -0.15) is 11.8 Å². The summed E-state index contributed by atoms with van der Waals surface area (Å²) in [5.74, 6) is 0.00943. The summed E-state index contributed by atoms with van der Waals surface area (Å²) in [7, 11) is 1.57. The Kier molecular flexibility index (Phi) is 10.3. The summed E-state index contributed by atoms with van der Waals surface area (Å²) in [6.07, 6.45) is 2.33. The van der Waals surface area contributed by atoms with Crippen molar-refractivity contribution in [3.05, 3.63) is 0 Å². The van der Waals surface area contributed by atoms with Crippen LogP contribution in [-0.4, -0.2) is 66.9 Å². The van der Waals surface area contributed by atoms with E-state index in [4.69, 9.17) is 9.84 Å². The molecule has 0 rings (SSSR count). The molecular weight excluding hydrogens is 280 g/mol. The number of ether oxygens (including phenoxy) is 1. The van der Waals surface area contributed by atoms with Gasteiger partial charge in [0, 0.05) is 20.2 Å². The number of carboxylic acid groups (broad SMARTS) is 1. The van der Waals surface area contributed by atoms with Gasteiger partial charge in [0.15, 0.2) is 0 Å². The van der Waals surface area contributed by atoms with Crippen molar-refractivity contribution in [2.24, 2.45) is 5.92 Å². The predicted molar refractivity (Wildman–Crippen MR) is 81.2 cm³/mol. The molecule has 0 saturated carbocycles. The molecule has 118 valence electrons. The molecule has 0 aromatic heterocycles. The third kappa shape index (κ3) is 8.27. The number of hydrogen-bond acceptors (Lipinski definition) is 4. The summed E-state index contributed by atoms with van der Waals surface area (Å²) in [5, 5.41) is 11.7. The summed E-state index contributed by atoms with van der Waals surface area (Å²) < 4.78 is 4.98. The fourth-order valence-electron chi connectivity index (χ4n) is 1.65. The Labute approximate surface area is 125 Å². The first-order valence-corrected chi connectivity index (χ1v) is 8.07. The SMILES string of the molecule is COCCN(CC(C)C)C(=O)N[C@@H](CCSC)C(=O)O. The maximum absolute atomic E-state index is 12.2. The van der Waals surface area contributed by atoms with Gasteiger partial charge in [-0.25, -0.2) is 9.59 Å². The third-order valence-corrected chi connectivity index (χ3v) is 3.29. The molecule has 0 aliphatic rings. The quantitative estimate of drug-likeness (QED) is 0.639. The van der Waals surface area contributed by atoms with Gasteiger partial charge in [0.2, 0.25) is 0 Å². The van der Waals surface area contributed by atoms with Crippen LogP contribution in [0.1, 0.15) is 20.3 Å². The highest BCUT2D eigenvalue weighted by Gasteiger charge is 2.23. The van der Waals surface area contributed by atoms with E-state index < -0.39 is 12.0 Å². The van der Waals surface area contributed by atoms with E-state index in [1.165, 1.54) is 0 Å². The van der Waals surface area contributed by atoms with Gasteiger partial charge < -0.3 is 20.1 Å². The molecule has 0 aliphatic heterocycles. The lowest BCUT2D eigenvalue weighted by Crippen LogP contribution is -2.50. The topological polar surface area (TPSA) is 78.9 Å². The van der Waals surface area contributed by atoms with Crippen molar-refractivity contribution in [1.29, 1.82) is 0 Å². The Morgan fingerprint density at radius 1 is 1.40 bits per heavy atom. The van der Waals surface area contributed by atoms with Crippen molar-refractivity contribution in [3.63, 3.8) is 0 Å². The van der Waals surface area contributed by atoms with Gasteiger partial charge in [0.05, 0.1) is 6.61 Å². The Bertz CT molecular complexity index is 300. The highest BCUT2D eigenvalue weighted by atomic mass is 32.2. The number of amides is 2. The zero-order valence-corrected chi connectivity index (χ0v) is 13.5. The Morgan fingerprint density at radius 2 is 2.05 bits per heavy atom. The Hall–Kier alpha value is -0.950. The molecule has 0 fully saturated rings. The molecule has 2 amide bonds. The normalized spacial score (nSPS) is 12.2. The molecule has 20 heavy (non-hydrogen) atoms. The molecule has 0 heterocycles. The fraction of sp³-hybridized carbons (Fsp3) is 0.846. The van der Waals surface area contributed by atoms with Gasteiger partial charge >= 0.3 is 12.0 Å². The molecule has 0 aliphatic carbocycles. The molecule has 0 spiro atoms. The number of methoxy groups -OCH3 is 1. The largest absolute Gasteiger partial charge is 0.480 e. The zero-order chi connectivity index (χ0) is 15.5. The lowest BCUT2D eigenvalue weighted by atomic mass is 10.2. The number of hydrogen-bond donors (Lipinski definition) is 2. The van der Waals surface area contributed by atoms with Gasteiger partial charge in [0.25, 0.3) is 0 Å². The molecule has 0 bridgehead atoms. The Morgan fingerprint density at radius 3 is 2.50 bits per heavy atom. The van der Waals surface area contributed by atoms with Crippen molar-refractivity contribution in [3.8, 4) is 0 Å². The smallest absolute Gasteiger partial charge is 0.326 e. The molecule has 0 radical (unpaired) electrons. The zero-order valence-electron chi connectivity index (χ0n) is 12.7. The summed E-state index contributed by atoms with van der Waals surface area (Å²) in [6.45, 7) is 5.48. The molecule has 7 heteroatoms. The van der Waals surface area contributed by atoms with Crippen molar-refractivity contribution >= 4 is 23.8 Å². The Balaban J connectivity index is 4.55. The van der Waals surface area contributed by atoms with Crippen LogP contribution >= 0.6 is 11.8 Å². The van der Waals surface area contributed by atoms with E-state index in [0.717, 1.165) is 0 Å². The lowest BCUT2D eigenvalue weighted by molar-refractivity contribution is -0.139. The number of carbonyl (C=O) groups is 2. The van der Waals surface area contributed by atoms with E-state index in [1.54, 1.807) is 23.8 Å². The van der Waals surface area contributed by atoms with Crippen molar-refractivity contribution in [2.45, 2.75) is 26.3 Å². The molecule has 6 nitrogen and oxygen atoms in total. The third-order valence-electron chi connectivity index (χ3n) is 2.64. The first-order valence-electron chi connectivity index (χ1n) is 6.68. The number of carbonyl (C=O) groups excluding carboxylic acids is 1. The van der Waals surface area contributed by atoms with Crippen molar-refractivity contribution in [1.82, 2.24) is 10.2 Å². The molecule has 0 saturated heterocycles. The van der Waals surface area contributed by atoms with E-state index >= 15 is 0 Å². The minimum Gasteiger partial charge on any atom is -0.480 e. The van der Waals surface area contributed by atoms with Gasteiger partial charge in [-0.1, -0.05) is 13.8 Å². The highest BCUT2D eigenvalue weighted by molar-refractivity contribution is 7.98. The number of nitrogens with zero attached hydrogens (tertiary/aromatic N) is 1. The van der Waals surface area contributed by atoms with Crippen LogP contribution < -0.4 is 5.32 Å². The molecule has 0 unspecified atom stereocenters. The summed E-state index contributed by atoms with van der Waals surface area (Å²) >= 11 is 1.56. The van der Waals surface area contributed by atoms with Crippen LogP contribution in [0.3, 0.4) is 0 Å². The van der Waals surface area contributed by atoms with E-state index in [-0.39, 0.29) is 6.03 Å². The van der Waals surface area contributed by atoms with Crippen LogP contribution in [0.2, 0.25) is 0 Å². The first-order chi connectivity index (χ1) is 9.42. The summed E-state index contributed by atoms with van der Waals surface area (Å²) in [6, 6.07) is -1.18. The lowest BCUT2D eigenvalue weighted by Gasteiger charge is -2.26. The van der Waals surface area contributed by atoms with Gasteiger partial charge in [-0.3, -0.25) is 0 Å². The summed E-state index contributed by atoms with van der Waals surface area (Å²) in [4.78, 5) is 24.9. The monoisotopic (exact) mass is 306 g/mol. The number of aliphatic carboxylic acids is 1. The second-order valence-corrected chi connectivity index (χ2v) is 5.94.